The number of rotatable bonds is 42. The standard InChI is InChI=1S/C55H88O6/c1-4-7-10-13-16-19-22-24-26-28-30-31-33-36-39-42-45-48-54(57)60-51-52(50-59-53(56)47-44-41-38-35-21-18-15-12-9-6-3)61-55(58)49-46-43-40-37-34-32-29-27-25-23-20-17-14-11-8-5-2/h8,11,15-20,24-27,30-32,34,36,39,52H,4-7,9-10,12-14,21-23,28-29,33,35,37-38,40-51H2,1-3H3/b11-8-,18-15-,19-16-,20-17-,26-24-,27-25-,31-30-,34-32-,39-36-. The zero-order valence-corrected chi connectivity index (χ0v) is 39.1. The number of hydrogen-bond donors (Lipinski definition) is 0. The molecule has 344 valence electrons. The molecule has 0 radical (unpaired) electrons. The van der Waals surface area contributed by atoms with E-state index in [0.717, 1.165) is 109 Å². The van der Waals surface area contributed by atoms with Gasteiger partial charge in [0.2, 0.25) is 0 Å². The predicted octanol–water partition coefficient (Wildman–Crippen LogP) is 16.0. The Kier molecular flexibility index (Phi) is 45.6. The van der Waals surface area contributed by atoms with Crippen LogP contribution < -0.4 is 0 Å². The van der Waals surface area contributed by atoms with Crippen LogP contribution in [0.15, 0.2) is 109 Å². The molecule has 0 spiro atoms. The zero-order valence-electron chi connectivity index (χ0n) is 39.1. The number of carbonyl (C=O) groups excluding carboxylic acids is 3. The van der Waals surface area contributed by atoms with Crippen molar-refractivity contribution in [3.05, 3.63) is 109 Å². The molecule has 0 aliphatic rings. The monoisotopic (exact) mass is 845 g/mol. The van der Waals surface area contributed by atoms with Gasteiger partial charge in [0.15, 0.2) is 6.10 Å². The summed E-state index contributed by atoms with van der Waals surface area (Å²) in [5.74, 6) is -1.03. The van der Waals surface area contributed by atoms with Gasteiger partial charge in [0.05, 0.1) is 0 Å². The van der Waals surface area contributed by atoms with E-state index in [4.69, 9.17) is 14.2 Å². The third-order valence-electron chi connectivity index (χ3n) is 9.73. The molecular formula is C55H88O6. The van der Waals surface area contributed by atoms with Gasteiger partial charge in [-0.05, 0) is 116 Å². The third-order valence-corrected chi connectivity index (χ3v) is 9.73. The van der Waals surface area contributed by atoms with E-state index in [2.05, 4.69) is 130 Å². The first-order valence-electron chi connectivity index (χ1n) is 24.4. The fraction of sp³-hybridized carbons (Fsp3) is 0.618. The second-order valence-corrected chi connectivity index (χ2v) is 15.6. The number of esters is 3. The molecule has 0 N–H and O–H groups in total. The van der Waals surface area contributed by atoms with Crippen LogP contribution in [0.3, 0.4) is 0 Å². The van der Waals surface area contributed by atoms with Gasteiger partial charge in [0.1, 0.15) is 13.2 Å². The average molecular weight is 845 g/mol. The molecule has 0 saturated heterocycles. The van der Waals surface area contributed by atoms with Crippen molar-refractivity contribution in [3.63, 3.8) is 0 Å². The Morgan fingerprint density at radius 3 is 1.13 bits per heavy atom. The average Bonchev–Trinajstić information content (AvgIpc) is 3.26. The third kappa shape index (κ3) is 47.0. The fourth-order valence-electron chi connectivity index (χ4n) is 6.05. The van der Waals surface area contributed by atoms with Crippen LogP contribution >= 0.6 is 0 Å². The van der Waals surface area contributed by atoms with Gasteiger partial charge in [-0.1, -0.05) is 175 Å². The molecule has 0 bridgehead atoms. The number of ether oxygens (including phenoxy) is 3. The smallest absolute Gasteiger partial charge is 0.306 e. The summed E-state index contributed by atoms with van der Waals surface area (Å²) in [4.78, 5) is 37.8. The summed E-state index contributed by atoms with van der Waals surface area (Å²) < 4.78 is 16.7. The van der Waals surface area contributed by atoms with Crippen LogP contribution in [-0.2, 0) is 28.6 Å². The van der Waals surface area contributed by atoms with Crippen LogP contribution in [-0.4, -0.2) is 37.2 Å². The lowest BCUT2D eigenvalue weighted by molar-refractivity contribution is -0.167. The molecule has 1 unspecified atom stereocenters. The molecule has 61 heavy (non-hydrogen) atoms. The zero-order chi connectivity index (χ0) is 44.4. The molecule has 6 heteroatoms. The van der Waals surface area contributed by atoms with Gasteiger partial charge in [-0.25, -0.2) is 0 Å². The van der Waals surface area contributed by atoms with Gasteiger partial charge in [0, 0.05) is 19.3 Å². The Morgan fingerprint density at radius 1 is 0.344 bits per heavy atom. The highest BCUT2D eigenvalue weighted by atomic mass is 16.6. The van der Waals surface area contributed by atoms with Gasteiger partial charge in [-0.3, -0.25) is 14.4 Å². The Labute approximate surface area is 374 Å². The lowest BCUT2D eigenvalue weighted by Gasteiger charge is -2.18. The second kappa shape index (κ2) is 48.7. The molecule has 0 aliphatic heterocycles. The highest BCUT2D eigenvalue weighted by molar-refractivity contribution is 5.71. The van der Waals surface area contributed by atoms with Gasteiger partial charge < -0.3 is 14.2 Å². The van der Waals surface area contributed by atoms with Gasteiger partial charge in [0.25, 0.3) is 0 Å². The topological polar surface area (TPSA) is 78.9 Å². The normalized spacial score (nSPS) is 13.0. The Morgan fingerprint density at radius 2 is 0.672 bits per heavy atom. The summed E-state index contributed by atoms with van der Waals surface area (Å²) >= 11 is 0. The largest absolute Gasteiger partial charge is 0.462 e. The molecule has 6 nitrogen and oxygen atoms in total. The van der Waals surface area contributed by atoms with E-state index in [1.165, 1.54) is 38.5 Å². The summed E-state index contributed by atoms with van der Waals surface area (Å²) in [6.07, 6.45) is 65.1. The summed E-state index contributed by atoms with van der Waals surface area (Å²) in [5, 5.41) is 0. The number of allylic oxidation sites excluding steroid dienone is 18. The molecule has 0 aromatic carbocycles. The van der Waals surface area contributed by atoms with Crippen molar-refractivity contribution in [2.75, 3.05) is 13.2 Å². The van der Waals surface area contributed by atoms with Gasteiger partial charge in [-0.2, -0.15) is 0 Å². The van der Waals surface area contributed by atoms with Crippen LogP contribution in [0.2, 0.25) is 0 Å². The summed E-state index contributed by atoms with van der Waals surface area (Å²) in [7, 11) is 0. The molecule has 0 amide bonds. The summed E-state index contributed by atoms with van der Waals surface area (Å²) in [5.41, 5.74) is 0. The second-order valence-electron chi connectivity index (χ2n) is 15.6. The maximum atomic E-state index is 12.8. The van der Waals surface area contributed by atoms with E-state index < -0.39 is 6.10 Å². The van der Waals surface area contributed by atoms with E-state index in [0.29, 0.717) is 19.3 Å². The van der Waals surface area contributed by atoms with Crippen LogP contribution in [0.4, 0.5) is 0 Å². The van der Waals surface area contributed by atoms with Crippen LogP contribution in [0, 0.1) is 0 Å². The van der Waals surface area contributed by atoms with Gasteiger partial charge in [-0.15, -0.1) is 0 Å². The Balaban J connectivity index is 4.54. The fourth-order valence-corrected chi connectivity index (χ4v) is 6.05. The van der Waals surface area contributed by atoms with Crippen molar-refractivity contribution in [1.82, 2.24) is 0 Å². The van der Waals surface area contributed by atoms with Crippen molar-refractivity contribution in [2.24, 2.45) is 0 Å². The van der Waals surface area contributed by atoms with E-state index in [1.807, 2.05) is 0 Å². The molecule has 0 aliphatic carbocycles. The first-order chi connectivity index (χ1) is 30.0. The number of carbonyl (C=O) groups is 3. The van der Waals surface area contributed by atoms with Crippen LogP contribution in [0.5, 0.6) is 0 Å². The molecule has 0 aromatic heterocycles. The molecule has 1 atom stereocenters. The molecule has 0 saturated carbocycles. The SMILES string of the molecule is CC/C=C\C/C=C\C/C=C\C/C=C\CCCCCC(=O)OC(COC(=O)CCC/C=C\C/C=C\C/C=C\C/C=C\CCCCC)COC(=O)CCCCCC/C=C\CCCC. The van der Waals surface area contributed by atoms with Crippen molar-refractivity contribution in [2.45, 2.75) is 207 Å². The van der Waals surface area contributed by atoms with E-state index in [9.17, 15) is 14.4 Å². The lowest BCUT2D eigenvalue weighted by atomic mass is 10.1. The Bertz CT molecular complexity index is 1290. The van der Waals surface area contributed by atoms with Crippen molar-refractivity contribution in [3.8, 4) is 0 Å². The molecular weight excluding hydrogens is 757 g/mol. The first kappa shape index (κ1) is 57.1. The summed E-state index contributed by atoms with van der Waals surface area (Å²) in [6.45, 7) is 6.34. The maximum Gasteiger partial charge on any atom is 0.306 e. The molecule has 0 heterocycles. The molecule has 0 fully saturated rings. The first-order valence-corrected chi connectivity index (χ1v) is 24.4. The minimum absolute atomic E-state index is 0.117. The highest BCUT2D eigenvalue weighted by Gasteiger charge is 2.19. The minimum Gasteiger partial charge on any atom is -0.462 e. The van der Waals surface area contributed by atoms with Crippen molar-refractivity contribution < 1.29 is 28.6 Å². The maximum absolute atomic E-state index is 12.8. The number of hydrogen-bond acceptors (Lipinski definition) is 6. The quantitative estimate of drug-likeness (QED) is 0.0264. The van der Waals surface area contributed by atoms with Crippen LogP contribution in [0.25, 0.3) is 0 Å². The molecule has 0 aromatic rings. The van der Waals surface area contributed by atoms with E-state index >= 15 is 0 Å². The molecule has 0 rings (SSSR count). The van der Waals surface area contributed by atoms with Gasteiger partial charge >= 0.3 is 17.9 Å². The Hall–Kier alpha value is -3.93. The number of unbranched alkanes of at least 4 members (excludes halogenated alkanes) is 13. The minimum atomic E-state index is -0.821. The van der Waals surface area contributed by atoms with Crippen molar-refractivity contribution >= 4 is 17.9 Å². The highest BCUT2D eigenvalue weighted by Crippen LogP contribution is 2.11. The van der Waals surface area contributed by atoms with Crippen LogP contribution in [0.1, 0.15) is 201 Å². The van der Waals surface area contributed by atoms with E-state index in [1.54, 1.807) is 0 Å². The van der Waals surface area contributed by atoms with Crippen molar-refractivity contribution in [1.29, 1.82) is 0 Å². The predicted molar refractivity (Wildman–Crippen MR) is 260 cm³/mol. The summed E-state index contributed by atoms with van der Waals surface area (Å²) in [6, 6.07) is 0. The lowest BCUT2D eigenvalue weighted by Crippen LogP contribution is -2.30. The van der Waals surface area contributed by atoms with E-state index in [-0.39, 0.29) is 44.0 Å².